The van der Waals surface area contributed by atoms with Crippen molar-refractivity contribution in [3.63, 3.8) is 0 Å². The molecule has 1 aromatic rings. The van der Waals surface area contributed by atoms with Crippen LogP contribution < -0.4 is 14.8 Å². The maximum Gasteiger partial charge on any atom is 0.321 e. The summed E-state index contributed by atoms with van der Waals surface area (Å²) in [6.07, 6.45) is 0. The van der Waals surface area contributed by atoms with E-state index in [9.17, 15) is 4.79 Å². The number of rotatable bonds is 7. The van der Waals surface area contributed by atoms with Gasteiger partial charge in [0.15, 0.2) is 11.5 Å². The third-order valence-electron chi connectivity index (χ3n) is 2.48. The molecule has 0 unspecified atom stereocenters. The summed E-state index contributed by atoms with van der Waals surface area (Å²) in [5.41, 5.74) is 0.917. The number of methoxy groups -OCH3 is 2. The predicted molar refractivity (Wildman–Crippen MR) is 71.7 cm³/mol. The van der Waals surface area contributed by atoms with E-state index in [2.05, 4.69) is 17.9 Å². The SMILES string of the molecule is COc1ccc(CN[C@@H](CS)C(=O)O)cc1OC. The lowest BCUT2D eigenvalue weighted by atomic mass is 10.2. The van der Waals surface area contributed by atoms with E-state index in [1.807, 2.05) is 12.1 Å². The van der Waals surface area contributed by atoms with E-state index < -0.39 is 12.0 Å². The summed E-state index contributed by atoms with van der Waals surface area (Å²) >= 11 is 3.98. The van der Waals surface area contributed by atoms with Gasteiger partial charge in [0.2, 0.25) is 0 Å². The standard InChI is InChI=1S/C12H17NO4S/c1-16-10-4-3-8(5-11(10)17-2)6-13-9(7-18)12(14)15/h3-5,9,13,18H,6-7H2,1-2H3,(H,14,15)/t9-/m0/s1. The van der Waals surface area contributed by atoms with Crippen LogP contribution in [-0.4, -0.2) is 37.1 Å². The van der Waals surface area contributed by atoms with Crippen LogP contribution in [0.2, 0.25) is 0 Å². The van der Waals surface area contributed by atoms with Gasteiger partial charge in [-0.1, -0.05) is 6.07 Å². The fraction of sp³-hybridized carbons (Fsp3) is 0.417. The summed E-state index contributed by atoms with van der Waals surface area (Å²) in [6.45, 7) is 0.428. The van der Waals surface area contributed by atoms with Gasteiger partial charge < -0.3 is 14.6 Å². The van der Waals surface area contributed by atoms with Crippen molar-refractivity contribution < 1.29 is 19.4 Å². The van der Waals surface area contributed by atoms with Crippen molar-refractivity contribution in [3.05, 3.63) is 23.8 Å². The monoisotopic (exact) mass is 271 g/mol. The van der Waals surface area contributed by atoms with Crippen molar-refractivity contribution in [1.29, 1.82) is 0 Å². The fourth-order valence-corrected chi connectivity index (χ4v) is 1.75. The van der Waals surface area contributed by atoms with Gasteiger partial charge in [-0.2, -0.15) is 12.6 Å². The van der Waals surface area contributed by atoms with E-state index in [-0.39, 0.29) is 5.75 Å². The first kappa shape index (κ1) is 14.7. The average Bonchev–Trinajstić information content (AvgIpc) is 2.38. The first-order chi connectivity index (χ1) is 8.62. The molecule has 0 saturated carbocycles. The number of thiol groups is 1. The van der Waals surface area contributed by atoms with E-state index in [1.165, 1.54) is 0 Å². The molecule has 0 aliphatic carbocycles. The van der Waals surface area contributed by atoms with Crippen molar-refractivity contribution in [3.8, 4) is 11.5 Å². The number of ether oxygens (including phenoxy) is 2. The minimum Gasteiger partial charge on any atom is -0.493 e. The van der Waals surface area contributed by atoms with Crippen molar-refractivity contribution in [2.24, 2.45) is 0 Å². The number of hydrogen-bond donors (Lipinski definition) is 3. The molecule has 100 valence electrons. The van der Waals surface area contributed by atoms with Gasteiger partial charge in [0.1, 0.15) is 6.04 Å². The Morgan fingerprint density at radius 3 is 2.56 bits per heavy atom. The molecule has 18 heavy (non-hydrogen) atoms. The fourth-order valence-electron chi connectivity index (χ4n) is 1.46. The Labute approximate surface area is 112 Å². The Balaban J connectivity index is 2.70. The maximum atomic E-state index is 10.8. The van der Waals surface area contributed by atoms with Gasteiger partial charge in [-0.15, -0.1) is 0 Å². The van der Waals surface area contributed by atoms with E-state index >= 15 is 0 Å². The second kappa shape index (κ2) is 7.13. The molecule has 0 heterocycles. The molecule has 0 radical (unpaired) electrons. The molecular formula is C12H17NO4S. The smallest absolute Gasteiger partial charge is 0.321 e. The second-order valence-corrected chi connectivity index (χ2v) is 4.01. The number of aliphatic carboxylic acids is 1. The normalized spacial score (nSPS) is 11.9. The average molecular weight is 271 g/mol. The van der Waals surface area contributed by atoms with Gasteiger partial charge in [0.05, 0.1) is 14.2 Å². The molecule has 1 atom stereocenters. The van der Waals surface area contributed by atoms with Crippen LogP contribution in [0, 0.1) is 0 Å². The van der Waals surface area contributed by atoms with Crippen molar-refractivity contribution in [2.45, 2.75) is 12.6 Å². The van der Waals surface area contributed by atoms with Gasteiger partial charge in [-0.25, -0.2) is 0 Å². The summed E-state index contributed by atoms with van der Waals surface area (Å²) < 4.78 is 10.3. The summed E-state index contributed by atoms with van der Waals surface area (Å²) in [5, 5.41) is 11.8. The molecule has 0 fully saturated rings. The second-order valence-electron chi connectivity index (χ2n) is 3.64. The molecule has 0 amide bonds. The van der Waals surface area contributed by atoms with Crippen LogP contribution in [0.3, 0.4) is 0 Å². The zero-order valence-electron chi connectivity index (χ0n) is 10.3. The molecule has 1 rings (SSSR count). The maximum absolute atomic E-state index is 10.8. The van der Waals surface area contributed by atoms with Crippen LogP contribution in [0.25, 0.3) is 0 Å². The Morgan fingerprint density at radius 2 is 2.06 bits per heavy atom. The Kier molecular flexibility index (Phi) is 5.80. The Bertz CT molecular complexity index is 411. The van der Waals surface area contributed by atoms with Gasteiger partial charge in [-0.3, -0.25) is 10.1 Å². The van der Waals surface area contributed by atoms with Crippen LogP contribution >= 0.6 is 12.6 Å². The number of benzene rings is 1. The molecular weight excluding hydrogens is 254 g/mol. The van der Waals surface area contributed by atoms with Gasteiger partial charge in [-0.05, 0) is 17.7 Å². The summed E-state index contributed by atoms with van der Waals surface area (Å²) in [6, 6.07) is 4.78. The van der Waals surface area contributed by atoms with Gasteiger partial charge >= 0.3 is 5.97 Å². The first-order valence-electron chi connectivity index (χ1n) is 5.40. The lowest BCUT2D eigenvalue weighted by Gasteiger charge is -2.13. The largest absolute Gasteiger partial charge is 0.493 e. The van der Waals surface area contributed by atoms with Crippen LogP contribution in [0.5, 0.6) is 11.5 Å². The highest BCUT2D eigenvalue weighted by atomic mass is 32.1. The van der Waals surface area contributed by atoms with E-state index in [4.69, 9.17) is 14.6 Å². The lowest BCUT2D eigenvalue weighted by Crippen LogP contribution is -2.37. The molecule has 1 aromatic carbocycles. The number of nitrogens with one attached hydrogen (secondary N) is 1. The van der Waals surface area contributed by atoms with E-state index in [0.29, 0.717) is 18.0 Å². The highest BCUT2D eigenvalue weighted by molar-refractivity contribution is 7.80. The first-order valence-corrected chi connectivity index (χ1v) is 6.03. The Morgan fingerprint density at radius 1 is 1.39 bits per heavy atom. The minimum atomic E-state index is -0.912. The molecule has 0 aliphatic rings. The van der Waals surface area contributed by atoms with Crippen molar-refractivity contribution >= 4 is 18.6 Å². The number of carbonyl (C=O) groups is 1. The van der Waals surface area contributed by atoms with Gasteiger partial charge in [0.25, 0.3) is 0 Å². The molecule has 0 aromatic heterocycles. The van der Waals surface area contributed by atoms with E-state index in [0.717, 1.165) is 5.56 Å². The molecule has 0 aliphatic heterocycles. The zero-order valence-corrected chi connectivity index (χ0v) is 11.2. The predicted octanol–water partition coefficient (Wildman–Crippen LogP) is 1.18. The van der Waals surface area contributed by atoms with Gasteiger partial charge in [0, 0.05) is 12.3 Å². The third-order valence-corrected chi connectivity index (χ3v) is 2.85. The number of carboxylic acids is 1. The highest BCUT2D eigenvalue weighted by Crippen LogP contribution is 2.27. The quantitative estimate of drug-likeness (QED) is 0.650. The summed E-state index contributed by atoms with van der Waals surface area (Å²) in [4.78, 5) is 10.8. The third kappa shape index (κ3) is 3.82. The van der Waals surface area contributed by atoms with Crippen molar-refractivity contribution in [2.75, 3.05) is 20.0 Å². The lowest BCUT2D eigenvalue weighted by molar-refractivity contribution is -0.138. The molecule has 5 nitrogen and oxygen atoms in total. The van der Waals surface area contributed by atoms with Crippen LogP contribution in [-0.2, 0) is 11.3 Å². The molecule has 0 spiro atoms. The minimum absolute atomic E-state index is 0.239. The number of carboxylic acid groups (broad SMARTS) is 1. The van der Waals surface area contributed by atoms with Crippen molar-refractivity contribution in [1.82, 2.24) is 5.32 Å². The zero-order chi connectivity index (χ0) is 13.5. The van der Waals surface area contributed by atoms with Crippen LogP contribution in [0.4, 0.5) is 0 Å². The number of hydrogen-bond acceptors (Lipinski definition) is 5. The molecule has 6 heteroatoms. The molecule has 2 N–H and O–H groups in total. The Hall–Kier alpha value is -1.40. The summed E-state index contributed by atoms with van der Waals surface area (Å²) in [5.74, 6) is 0.591. The van der Waals surface area contributed by atoms with E-state index in [1.54, 1.807) is 20.3 Å². The highest BCUT2D eigenvalue weighted by Gasteiger charge is 2.14. The van der Waals surface area contributed by atoms with Crippen LogP contribution in [0.15, 0.2) is 18.2 Å². The van der Waals surface area contributed by atoms with Crippen LogP contribution in [0.1, 0.15) is 5.56 Å². The molecule has 0 bridgehead atoms. The molecule has 0 saturated heterocycles. The summed E-state index contributed by atoms with van der Waals surface area (Å²) in [7, 11) is 3.12. The topological polar surface area (TPSA) is 67.8 Å².